The van der Waals surface area contributed by atoms with E-state index in [0.29, 0.717) is 16.5 Å². The molecule has 0 saturated heterocycles. The molecule has 3 rings (SSSR count). The Bertz CT molecular complexity index is 840. The summed E-state index contributed by atoms with van der Waals surface area (Å²) in [4.78, 5) is 29.0. The largest absolute Gasteiger partial charge is 0.321 e. The minimum absolute atomic E-state index is 0.127. The van der Waals surface area contributed by atoms with E-state index < -0.39 is 0 Å². The molecule has 0 aliphatic carbocycles. The van der Waals surface area contributed by atoms with Crippen LogP contribution >= 0.6 is 11.3 Å². The monoisotopic (exact) mass is 341 g/mol. The van der Waals surface area contributed by atoms with E-state index in [9.17, 15) is 9.59 Å². The van der Waals surface area contributed by atoms with Crippen LogP contribution in [-0.2, 0) is 11.2 Å². The lowest BCUT2D eigenvalue weighted by atomic mass is 10.1. The van der Waals surface area contributed by atoms with Crippen LogP contribution in [0.3, 0.4) is 0 Å². The molecule has 0 bridgehead atoms. The van der Waals surface area contributed by atoms with Gasteiger partial charge in [0.15, 0.2) is 5.13 Å². The van der Waals surface area contributed by atoms with Crippen molar-refractivity contribution in [1.82, 2.24) is 15.2 Å². The van der Waals surface area contributed by atoms with Gasteiger partial charge in [0.1, 0.15) is 5.69 Å². The van der Waals surface area contributed by atoms with Crippen molar-refractivity contribution in [3.8, 4) is 0 Å². The van der Waals surface area contributed by atoms with Crippen molar-refractivity contribution in [3.05, 3.63) is 58.9 Å². The molecule has 0 unspecified atom stereocenters. The van der Waals surface area contributed by atoms with Crippen molar-refractivity contribution < 1.29 is 9.59 Å². The molecule has 2 heterocycles. The summed E-state index contributed by atoms with van der Waals surface area (Å²) in [5, 5.41) is 12.5. The highest BCUT2D eigenvalue weighted by Gasteiger charge is 2.09. The molecule has 24 heavy (non-hydrogen) atoms. The Kier molecular flexibility index (Phi) is 4.66. The van der Waals surface area contributed by atoms with E-state index in [0.717, 1.165) is 10.4 Å². The minimum atomic E-state index is -0.291. The summed E-state index contributed by atoms with van der Waals surface area (Å²) in [6.45, 7) is 1.93. The Labute approximate surface area is 142 Å². The number of anilines is 2. The summed E-state index contributed by atoms with van der Waals surface area (Å²) in [5.41, 5.74) is 1.80. The molecule has 0 saturated carbocycles. The normalized spacial score (nSPS) is 10.4. The summed E-state index contributed by atoms with van der Waals surface area (Å²) in [6, 6.07) is 8.69. The maximum atomic E-state index is 12.0. The fourth-order valence-corrected chi connectivity index (χ4v) is 2.73. The molecule has 0 atom stereocenters. The fraction of sp³-hybridized carbons (Fsp3) is 0.125. The topological polar surface area (TPSA) is 99.8 Å². The van der Waals surface area contributed by atoms with Crippen LogP contribution in [0.2, 0.25) is 0 Å². The molecule has 0 radical (unpaired) electrons. The van der Waals surface area contributed by atoms with Crippen LogP contribution in [0.25, 0.3) is 0 Å². The summed E-state index contributed by atoms with van der Waals surface area (Å²) in [7, 11) is 0. The van der Waals surface area contributed by atoms with E-state index in [1.807, 2.05) is 6.92 Å². The first-order valence-corrected chi connectivity index (χ1v) is 8.04. The number of aryl methyl sites for hydroxylation is 1. The minimum Gasteiger partial charge on any atom is -0.321 e. The zero-order valence-corrected chi connectivity index (χ0v) is 13.7. The highest BCUT2D eigenvalue weighted by Crippen LogP contribution is 2.17. The third kappa shape index (κ3) is 4.05. The Balaban J connectivity index is 1.56. The molecule has 2 amide bonds. The zero-order chi connectivity index (χ0) is 16.9. The summed E-state index contributed by atoms with van der Waals surface area (Å²) in [5.74, 6) is -0.418. The van der Waals surface area contributed by atoms with Gasteiger partial charge in [0.05, 0.1) is 6.42 Å². The molecule has 0 spiro atoms. The number of thiazole rings is 1. The molecule has 2 aromatic heterocycles. The van der Waals surface area contributed by atoms with E-state index in [1.54, 1.807) is 42.7 Å². The fourth-order valence-electron chi connectivity index (χ4n) is 2.05. The second-order valence-electron chi connectivity index (χ2n) is 5.11. The Morgan fingerprint density at radius 1 is 1.17 bits per heavy atom. The number of carbonyl (C=O) groups excluding carboxylic acids is 2. The van der Waals surface area contributed by atoms with E-state index in [4.69, 9.17) is 0 Å². The number of hydrogen-bond acceptors (Lipinski definition) is 5. The molecular formula is C16H15N5O2S. The van der Waals surface area contributed by atoms with Crippen LogP contribution in [0.15, 0.2) is 42.7 Å². The Morgan fingerprint density at radius 3 is 2.58 bits per heavy atom. The lowest BCUT2D eigenvalue weighted by Crippen LogP contribution is -2.14. The number of H-pyrrole nitrogens is 1. The molecule has 0 aliphatic heterocycles. The zero-order valence-electron chi connectivity index (χ0n) is 12.9. The van der Waals surface area contributed by atoms with Crippen LogP contribution in [-0.4, -0.2) is 27.0 Å². The molecule has 1 aromatic carbocycles. The number of aromatic amines is 1. The summed E-state index contributed by atoms with van der Waals surface area (Å²) < 4.78 is 0. The van der Waals surface area contributed by atoms with E-state index in [-0.39, 0.29) is 18.2 Å². The van der Waals surface area contributed by atoms with Gasteiger partial charge in [-0.15, -0.1) is 11.3 Å². The number of nitrogens with zero attached hydrogens (tertiary/aromatic N) is 2. The van der Waals surface area contributed by atoms with Crippen molar-refractivity contribution in [2.45, 2.75) is 13.3 Å². The van der Waals surface area contributed by atoms with Gasteiger partial charge in [0.2, 0.25) is 5.91 Å². The van der Waals surface area contributed by atoms with E-state index >= 15 is 0 Å². The molecule has 3 N–H and O–H groups in total. The number of aromatic nitrogens is 3. The first kappa shape index (κ1) is 15.9. The van der Waals surface area contributed by atoms with Crippen LogP contribution < -0.4 is 10.6 Å². The average Bonchev–Trinajstić information content (AvgIpc) is 3.21. The van der Waals surface area contributed by atoms with E-state index in [1.165, 1.54) is 11.3 Å². The van der Waals surface area contributed by atoms with Gasteiger partial charge in [-0.1, -0.05) is 12.1 Å². The standard InChI is InChI=1S/C16H15N5O2S/c1-10-9-17-16(24-10)20-14(22)8-11-2-4-12(5-3-11)19-15(23)13-6-7-18-21-13/h2-7,9H,8H2,1H3,(H,18,21)(H,19,23)(H,17,20,22). The molecular weight excluding hydrogens is 326 g/mol. The average molecular weight is 341 g/mol. The van der Waals surface area contributed by atoms with Crippen molar-refractivity contribution >= 4 is 34.0 Å². The second-order valence-corrected chi connectivity index (χ2v) is 6.35. The van der Waals surface area contributed by atoms with Crippen LogP contribution in [0.4, 0.5) is 10.8 Å². The van der Waals surface area contributed by atoms with Crippen molar-refractivity contribution in [2.75, 3.05) is 10.6 Å². The van der Waals surface area contributed by atoms with Crippen LogP contribution in [0.1, 0.15) is 20.9 Å². The van der Waals surface area contributed by atoms with Gasteiger partial charge in [0.25, 0.3) is 5.91 Å². The summed E-state index contributed by atoms with van der Waals surface area (Å²) >= 11 is 1.44. The molecule has 8 heteroatoms. The highest BCUT2D eigenvalue weighted by atomic mass is 32.1. The summed E-state index contributed by atoms with van der Waals surface area (Å²) in [6.07, 6.45) is 3.55. The highest BCUT2D eigenvalue weighted by molar-refractivity contribution is 7.15. The molecule has 0 aliphatic rings. The third-order valence-electron chi connectivity index (χ3n) is 3.18. The van der Waals surface area contributed by atoms with Gasteiger partial charge in [-0.05, 0) is 30.7 Å². The van der Waals surface area contributed by atoms with Gasteiger partial charge in [-0.3, -0.25) is 14.7 Å². The van der Waals surface area contributed by atoms with Gasteiger partial charge in [0, 0.05) is 23.0 Å². The number of hydrogen-bond donors (Lipinski definition) is 3. The van der Waals surface area contributed by atoms with Crippen molar-refractivity contribution in [3.63, 3.8) is 0 Å². The van der Waals surface area contributed by atoms with Gasteiger partial charge >= 0.3 is 0 Å². The predicted molar refractivity (Wildman–Crippen MR) is 92.2 cm³/mol. The Morgan fingerprint density at radius 2 is 1.96 bits per heavy atom. The van der Waals surface area contributed by atoms with E-state index in [2.05, 4.69) is 25.8 Å². The number of carbonyl (C=O) groups is 2. The predicted octanol–water partition coefficient (Wildman–Crippen LogP) is 2.61. The number of benzene rings is 1. The molecule has 3 aromatic rings. The van der Waals surface area contributed by atoms with Gasteiger partial charge in [-0.2, -0.15) is 5.10 Å². The lowest BCUT2D eigenvalue weighted by molar-refractivity contribution is -0.115. The number of amides is 2. The van der Waals surface area contributed by atoms with Crippen LogP contribution in [0.5, 0.6) is 0 Å². The Hall–Kier alpha value is -3.00. The quantitative estimate of drug-likeness (QED) is 0.664. The number of rotatable bonds is 5. The third-order valence-corrected chi connectivity index (χ3v) is 4.01. The first-order valence-electron chi connectivity index (χ1n) is 7.22. The number of nitrogens with one attached hydrogen (secondary N) is 3. The smallest absolute Gasteiger partial charge is 0.276 e. The van der Waals surface area contributed by atoms with Crippen molar-refractivity contribution in [1.29, 1.82) is 0 Å². The SMILES string of the molecule is Cc1cnc(NC(=O)Cc2ccc(NC(=O)c3cc[nH]n3)cc2)s1. The molecule has 122 valence electrons. The lowest BCUT2D eigenvalue weighted by Gasteiger charge is -2.05. The van der Waals surface area contributed by atoms with Crippen LogP contribution in [0, 0.1) is 6.92 Å². The molecule has 0 fully saturated rings. The maximum Gasteiger partial charge on any atom is 0.276 e. The first-order chi connectivity index (χ1) is 11.6. The van der Waals surface area contributed by atoms with Gasteiger partial charge in [-0.25, -0.2) is 4.98 Å². The molecule has 7 nitrogen and oxygen atoms in total. The van der Waals surface area contributed by atoms with Crippen molar-refractivity contribution in [2.24, 2.45) is 0 Å². The van der Waals surface area contributed by atoms with Gasteiger partial charge < -0.3 is 10.6 Å². The maximum absolute atomic E-state index is 12.0. The second kappa shape index (κ2) is 7.05.